The predicted molar refractivity (Wildman–Crippen MR) is 124 cm³/mol. The van der Waals surface area contributed by atoms with E-state index in [0.29, 0.717) is 18.6 Å². The van der Waals surface area contributed by atoms with Crippen LogP contribution in [0.3, 0.4) is 0 Å². The number of aliphatic imine (C=N–C) groups is 1. The topological polar surface area (TPSA) is 63.6 Å². The first kappa shape index (κ1) is 24.6. The Labute approximate surface area is 190 Å². The van der Waals surface area contributed by atoms with Crippen LogP contribution in [0.2, 0.25) is 0 Å². The van der Waals surface area contributed by atoms with Crippen LogP contribution >= 0.6 is 0 Å². The van der Waals surface area contributed by atoms with Gasteiger partial charge >= 0.3 is 6.18 Å². The van der Waals surface area contributed by atoms with E-state index in [-0.39, 0.29) is 40.3 Å². The number of rotatable bonds is 8. The Hall–Kier alpha value is -3.07. The van der Waals surface area contributed by atoms with Crippen molar-refractivity contribution in [2.24, 2.45) is 4.99 Å². The number of halogens is 4. The number of benzene rings is 2. The van der Waals surface area contributed by atoms with Crippen LogP contribution in [0.4, 0.5) is 28.9 Å². The molecule has 0 bridgehead atoms. The molecule has 33 heavy (non-hydrogen) atoms. The summed E-state index contributed by atoms with van der Waals surface area (Å²) in [6.45, 7) is 9.13. The zero-order valence-electron chi connectivity index (χ0n) is 19.0. The molecule has 0 fully saturated rings. The largest absolute Gasteiger partial charge is 0.494 e. The van der Waals surface area contributed by atoms with E-state index >= 15 is 0 Å². The van der Waals surface area contributed by atoms with E-state index in [9.17, 15) is 22.7 Å². The number of nitrogens with one attached hydrogen (secondary N) is 2. The fourth-order valence-electron chi connectivity index (χ4n) is 3.91. The summed E-state index contributed by atoms with van der Waals surface area (Å²) in [4.78, 5) is 8.88. The van der Waals surface area contributed by atoms with Crippen LogP contribution in [-0.4, -0.2) is 46.4 Å². The molecule has 3 N–H and O–H groups in total. The van der Waals surface area contributed by atoms with Crippen molar-refractivity contribution in [2.75, 3.05) is 18.4 Å². The highest BCUT2D eigenvalue weighted by Gasteiger charge is 2.34. The summed E-state index contributed by atoms with van der Waals surface area (Å²) in [5.41, 5.74) is -0.409. The number of aromatic hydroxyl groups is 1. The molecule has 5 nitrogen and oxygen atoms in total. The molecule has 0 aliphatic heterocycles. The van der Waals surface area contributed by atoms with Crippen molar-refractivity contribution in [3.8, 4) is 5.88 Å². The number of aromatic amines is 1. The first-order chi connectivity index (χ1) is 15.5. The molecule has 0 saturated heterocycles. The van der Waals surface area contributed by atoms with Gasteiger partial charge in [-0.1, -0.05) is 6.07 Å². The second-order valence-electron chi connectivity index (χ2n) is 8.39. The minimum atomic E-state index is -4.58. The Morgan fingerprint density at radius 2 is 1.82 bits per heavy atom. The Bertz CT molecular complexity index is 1130. The maximum absolute atomic E-state index is 14.2. The summed E-state index contributed by atoms with van der Waals surface area (Å²) >= 11 is 0. The molecule has 1 aromatic heterocycles. The van der Waals surface area contributed by atoms with Crippen molar-refractivity contribution in [2.45, 2.75) is 46.0 Å². The van der Waals surface area contributed by atoms with Gasteiger partial charge in [-0.05, 0) is 58.0 Å². The van der Waals surface area contributed by atoms with Gasteiger partial charge in [-0.15, -0.1) is 0 Å². The van der Waals surface area contributed by atoms with E-state index in [2.05, 4.69) is 20.2 Å². The Balaban J connectivity index is 1.85. The molecule has 9 heteroatoms. The Morgan fingerprint density at radius 1 is 1.12 bits per heavy atom. The maximum atomic E-state index is 14.2. The fraction of sp³-hybridized carbons (Fsp3) is 0.375. The molecule has 0 aliphatic carbocycles. The van der Waals surface area contributed by atoms with Crippen molar-refractivity contribution >= 4 is 28.5 Å². The first-order valence-electron chi connectivity index (χ1n) is 10.7. The molecule has 3 aromatic rings. The van der Waals surface area contributed by atoms with Gasteiger partial charge in [0.15, 0.2) is 5.88 Å². The second-order valence-corrected chi connectivity index (χ2v) is 8.39. The molecular formula is C24H28F4N4O. The highest BCUT2D eigenvalue weighted by atomic mass is 19.4. The van der Waals surface area contributed by atoms with E-state index in [0.717, 1.165) is 12.3 Å². The van der Waals surface area contributed by atoms with Crippen LogP contribution in [0.1, 0.15) is 38.8 Å². The van der Waals surface area contributed by atoms with Crippen LogP contribution < -0.4 is 5.32 Å². The van der Waals surface area contributed by atoms with Crippen LogP contribution in [0, 0.1) is 5.82 Å². The summed E-state index contributed by atoms with van der Waals surface area (Å²) in [7, 11) is 0. The molecule has 2 aromatic carbocycles. The smallest absolute Gasteiger partial charge is 0.418 e. The van der Waals surface area contributed by atoms with Crippen molar-refractivity contribution in [3.63, 3.8) is 0 Å². The zero-order chi connectivity index (χ0) is 24.3. The summed E-state index contributed by atoms with van der Waals surface area (Å²) in [5.74, 6) is -0.883. The van der Waals surface area contributed by atoms with Crippen LogP contribution in [-0.2, 0) is 6.18 Å². The van der Waals surface area contributed by atoms with Gasteiger partial charge in [-0.2, -0.15) is 13.2 Å². The molecular weight excluding hydrogens is 436 g/mol. The zero-order valence-corrected chi connectivity index (χ0v) is 19.0. The Morgan fingerprint density at radius 3 is 2.45 bits per heavy atom. The molecule has 0 radical (unpaired) electrons. The molecule has 0 aliphatic rings. The number of H-pyrrole nitrogens is 1. The minimum Gasteiger partial charge on any atom is -0.494 e. The molecule has 0 atom stereocenters. The average Bonchev–Trinajstić information content (AvgIpc) is 3.05. The Kier molecular flexibility index (Phi) is 7.31. The van der Waals surface area contributed by atoms with Crippen LogP contribution in [0.25, 0.3) is 10.9 Å². The lowest BCUT2D eigenvalue weighted by Crippen LogP contribution is -2.40. The van der Waals surface area contributed by atoms with Gasteiger partial charge in [-0.25, -0.2) is 4.39 Å². The number of aromatic nitrogens is 1. The highest BCUT2D eigenvalue weighted by Crippen LogP contribution is 2.37. The summed E-state index contributed by atoms with van der Waals surface area (Å²) in [5, 5.41) is 13.1. The number of hydrogen-bond acceptors (Lipinski definition) is 4. The highest BCUT2D eigenvalue weighted by molar-refractivity contribution is 6.02. The lowest BCUT2D eigenvalue weighted by Gasteiger charge is -2.30. The molecule has 1 heterocycles. The second kappa shape index (κ2) is 9.82. The first-order valence-corrected chi connectivity index (χ1v) is 10.7. The van der Waals surface area contributed by atoms with Gasteiger partial charge in [0.2, 0.25) is 0 Å². The predicted octanol–water partition coefficient (Wildman–Crippen LogP) is 6.31. The number of fused-ring (bicyclic) bond motifs is 1. The number of nitrogens with zero attached hydrogens (tertiary/aromatic N) is 2. The van der Waals surface area contributed by atoms with Crippen LogP contribution in [0.5, 0.6) is 5.88 Å². The van der Waals surface area contributed by atoms with Gasteiger partial charge in [-0.3, -0.25) is 9.89 Å². The van der Waals surface area contributed by atoms with E-state index in [1.54, 1.807) is 6.07 Å². The molecule has 0 amide bonds. The number of alkyl halides is 3. The summed E-state index contributed by atoms with van der Waals surface area (Å²) in [6.07, 6.45) is -3.43. The summed E-state index contributed by atoms with van der Waals surface area (Å²) in [6, 6.07) is 8.56. The van der Waals surface area contributed by atoms with Gasteiger partial charge in [0.1, 0.15) is 5.82 Å². The standard InChI is InChI=1S/C24H28F4N4O/c1-14(2)32(15(3)4)11-10-29-20-9-8-16(12-18(20)24(26,27)28)30-13-17-22-19(25)6-5-7-21(22)31-23(17)33/h5-9,12-15,29,31,33H,10-11H2,1-4H3. The molecule has 178 valence electrons. The van der Waals surface area contributed by atoms with Gasteiger partial charge in [0, 0.05) is 42.5 Å². The normalized spacial score (nSPS) is 12.7. The summed E-state index contributed by atoms with van der Waals surface area (Å²) < 4.78 is 55.3. The molecule has 3 rings (SSSR count). The van der Waals surface area contributed by atoms with Crippen LogP contribution in [0.15, 0.2) is 41.4 Å². The fourth-order valence-corrected chi connectivity index (χ4v) is 3.91. The maximum Gasteiger partial charge on any atom is 0.418 e. The van der Waals surface area contributed by atoms with Gasteiger partial charge < -0.3 is 15.4 Å². The van der Waals surface area contributed by atoms with Gasteiger partial charge in [0.25, 0.3) is 0 Å². The van der Waals surface area contributed by atoms with E-state index in [1.807, 2.05) is 27.7 Å². The molecule has 0 spiro atoms. The number of hydrogen-bond donors (Lipinski definition) is 3. The SMILES string of the molecule is CC(C)N(CCNc1ccc(N=Cc2c(O)[nH]c3cccc(F)c23)cc1C(F)(F)F)C(C)C. The lowest BCUT2D eigenvalue weighted by atomic mass is 10.1. The van der Waals surface area contributed by atoms with Crippen molar-refractivity contribution in [3.05, 3.63) is 53.3 Å². The minimum absolute atomic E-state index is 0.0314. The van der Waals surface area contributed by atoms with E-state index in [1.165, 1.54) is 24.3 Å². The molecule has 0 unspecified atom stereocenters. The van der Waals surface area contributed by atoms with Crippen molar-refractivity contribution in [1.29, 1.82) is 0 Å². The molecule has 0 saturated carbocycles. The third kappa shape index (κ3) is 5.65. The third-order valence-electron chi connectivity index (χ3n) is 5.45. The van der Waals surface area contributed by atoms with E-state index < -0.39 is 17.6 Å². The van der Waals surface area contributed by atoms with Crippen molar-refractivity contribution < 1.29 is 22.7 Å². The average molecular weight is 465 g/mol. The van der Waals surface area contributed by atoms with Gasteiger partial charge in [0.05, 0.1) is 22.3 Å². The number of anilines is 1. The third-order valence-corrected chi connectivity index (χ3v) is 5.45. The van der Waals surface area contributed by atoms with Crippen molar-refractivity contribution in [1.82, 2.24) is 9.88 Å². The lowest BCUT2D eigenvalue weighted by molar-refractivity contribution is -0.136. The van der Waals surface area contributed by atoms with E-state index in [4.69, 9.17) is 0 Å². The quantitative estimate of drug-likeness (QED) is 0.270. The monoisotopic (exact) mass is 464 g/mol.